The van der Waals surface area contributed by atoms with E-state index in [1.165, 1.54) is 0 Å². The summed E-state index contributed by atoms with van der Waals surface area (Å²) >= 11 is 0. The number of hydrogen-bond acceptors (Lipinski definition) is 3. The molecule has 0 amide bonds. The fraction of sp³-hybridized carbons (Fsp3) is 0.222. The highest BCUT2D eigenvalue weighted by molar-refractivity contribution is 5.49. The van der Waals surface area contributed by atoms with Crippen LogP contribution >= 0.6 is 0 Å². The maximum atomic E-state index is 10.2. The van der Waals surface area contributed by atoms with E-state index >= 15 is 0 Å². The summed E-state index contributed by atoms with van der Waals surface area (Å²) in [6, 6.07) is 18.7. The lowest BCUT2D eigenvalue weighted by molar-refractivity contribution is 0.0231. The molecule has 0 saturated carbocycles. The van der Waals surface area contributed by atoms with E-state index in [1.807, 2.05) is 66.7 Å². The summed E-state index contributed by atoms with van der Waals surface area (Å²) in [5, 5.41) is 13.8. The van der Waals surface area contributed by atoms with Crippen LogP contribution in [0.2, 0.25) is 0 Å². The first-order chi connectivity index (χ1) is 11.3. The molecule has 0 heterocycles. The first-order valence-electron chi connectivity index (χ1n) is 7.37. The fourth-order valence-electron chi connectivity index (χ4n) is 2.05. The summed E-state index contributed by atoms with van der Waals surface area (Å²) in [7, 11) is 0. The van der Waals surface area contributed by atoms with Crippen molar-refractivity contribution in [2.75, 3.05) is 6.61 Å². The molecule has 2 aromatic carbocycles. The van der Waals surface area contributed by atoms with Crippen molar-refractivity contribution in [3.8, 4) is 0 Å². The van der Waals surface area contributed by atoms with Gasteiger partial charge >= 0.3 is 0 Å². The van der Waals surface area contributed by atoms with Gasteiger partial charge in [0.05, 0.1) is 25.4 Å². The van der Waals surface area contributed by atoms with E-state index in [-0.39, 0.29) is 6.61 Å². The number of nitrogens with zero attached hydrogens (tertiary/aromatic N) is 3. The number of hydrogen-bond donors (Lipinski definition) is 1. The zero-order valence-corrected chi connectivity index (χ0v) is 12.7. The lowest BCUT2D eigenvalue weighted by atomic mass is 10.1. The van der Waals surface area contributed by atoms with E-state index in [1.54, 1.807) is 6.08 Å². The molecule has 0 fully saturated rings. The van der Waals surface area contributed by atoms with Crippen LogP contribution in [0, 0.1) is 0 Å². The van der Waals surface area contributed by atoms with Crippen LogP contribution in [-0.2, 0) is 11.3 Å². The van der Waals surface area contributed by atoms with Crippen LogP contribution in [0.25, 0.3) is 16.5 Å². The molecule has 5 nitrogen and oxygen atoms in total. The maximum absolute atomic E-state index is 10.2. The Bertz CT molecular complexity index is 652. The van der Waals surface area contributed by atoms with Crippen molar-refractivity contribution < 1.29 is 9.84 Å². The molecule has 0 saturated heterocycles. The molecular formula is C18H19N3O2. The lowest BCUT2D eigenvalue weighted by Crippen LogP contribution is -2.27. The highest BCUT2D eigenvalue weighted by Gasteiger charge is 2.15. The van der Waals surface area contributed by atoms with Crippen molar-refractivity contribution >= 4 is 6.08 Å². The van der Waals surface area contributed by atoms with Crippen molar-refractivity contribution in [3.05, 3.63) is 88.3 Å². The summed E-state index contributed by atoms with van der Waals surface area (Å²) in [5.41, 5.74) is 10.7. The van der Waals surface area contributed by atoms with Gasteiger partial charge in [0.15, 0.2) is 0 Å². The molecule has 0 aliphatic heterocycles. The quantitative estimate of drug-likeness (QED) is 0.455. The topological polar surface area (TPSA) is 78.2 Å². The van der Waals surface area contributed by atoms with E-state index < -0.39 is 12.1 Å². The Hall–Kier alpha value is -2.59. The molecule has 2 aromatic rings. The van der Waals surface area contributed by atoms with Gasteiger partial charge in [-0.15, -0.1) is 0 Å². The van der Waals surface area contributed by atoms with Gasteiger partial charge in [0.1, 0.15) is 0 Å². The van der Waals surface area contributed by atoms with Crippen molar-refractivity contribution in [1.29, 1.82) is 0 Å². The third kappa shape index (κ3) is 5.96. The van der Waals surface area contributed by atoms with Crippen LogP contribution in [0.4, 0.5) is 0 Å². The molecule has 0 aliphatic carbocycles. The summed E-state index contributed by atoms with van der Waals surface area (Å²) in [6.45, 7) is 0.501. The van der Waals surface area contributed by atoms with E-state index in [0.717, 1.165) is 11.1 Å². The molecule has 23 heavy (non-hydrogen) atoms. The Morgan fingerprint density at radius 2 is 1.74 bits per heavy atom. The van der Waals surface area contributed by atoms with Crippen molar-refractivity contribution in [3.63, 3.8) is 0 Å². The van der Waals surface area contributed by atoms with Gasteiger partial charge in [-0.3, -0.25) is 0 Å². The first-order valence-corrected chi connectivity index (χ1v) is 7.37. The largest absolute Gasteiger partial charge is 0.390 e. The van der Waals surface area contributed by atoms with Gasteiger partial charge in [0.25, 0.3) is 0 Å². The number of benzene rings is 2. The van der Waals surface area contributed by atoms with E-state index in [0.29, 0.717) is 6.61 Å². The third-order valence-electron chi connectivity index (χ3n) is 3.26. The molecule has 0 radical (unpaired) electrons. The monoisotopic (exact) mass is 309 g/mol. The minimum Gasteiger partial charge on any atom is -0.390 e. The van der Waals surface area contributed by atoms with E-state index in [9.17, 15) is 5.11 Å². The van der Waals surface area contributed by atoms with Crippen LogP contribution in [-0.4, -0.2) is 23.9 Å². The molecular weight excluding hydrogens is 290 g/mol. The number of rotatable bonds is 8. The molecule has 118 valence electrons. The van der Waals surface area contributed by atoms with Crippen LogP contribution in [0.5, 0.6) is 0 Å². The highest BCUT2D eigenvalue weighted by atomic mass is 16.5. The summed E-state index contributed by atoms with van der Waals surface area (Å²) in [4.78, 5) is 2.79. The van der Waals surface area contributed by atoms with Crippen LogP contribution in [0.1, 0.15) is 11.1 Å². The summed E-state index contributed by atoms with van der Waals surface area (Å²) < 4.78 is 5.49. The molecule has 0 spiro atoms. The molecule has 5 heteroatoms. The molecule has 0 aromatic heterocycles. The predicted octanol–water partition coefficient (Wildman–Crippen LogP) is 3.96. The number of ether oxygens (including phenoxy) is 1. The number of aliphatic hydroxyl groups is 1. The Balaban J connectivity index is 1.89. The SMILES string of the molecule is [N-]=[N+]=NC(/C=C/c1ccccc1)C(O)COCc1ccccc1. The first kappa shape index (κ1) is 16.8. The lowest BCUT2D eigenvalue weighted by Gasteiger charge is -2.15. The minimum atomic E-state index is -0.894. The normalized spacial score (nSPS) is 13.4. The third-order valence-corrected chi connectivity index (χ3v) is 3.26. The van der Waals surface area contributed by atoms with Gasteiger partial charge in [-0.25, -0.2) is 0 Å². The van der Waals surface area contributed by atoms with Crippen molar-refractivity contribution in [1.82, 2.24) is 0 Å². The van der Waals surface area contributed by atoms with Gasteiger partial charge < -0.3 is 9.84 Å². The molecule has 1 N–H and O–H groups in total. The molecule has 2 atom stereocenters. The van der Waals surface area contributed by atoms with Gasteiger partial charge in [-0.2, -0.15) is 0 Å². The van der Waals surface area contributed by atoms with Gasteiger partial charge in [-0.1, -0.05) is 77.9 Å². The molecule has 0 bridgehead atoms. The van der Waals surface area contributed by atoms with E-state index in [2.05, 4.69) is 10.0 Å². The Labute approximate surface area is 135 Å². The second kappa shape index (κ2) is 9.43. The molecule has 2 rings (SSSR count). The van der Waals surface area contributed by atoms with E-state index in [4.69, 9.17) is 10.3 Å². The Morgan fingerprint density at radius 1 is 1.09 bits per heavy atom. The summed E-state index contributed by atoms with van der Waals surface area (Å²) in [5.74, 6) is 0. The zero-order valence-electron chi connectivity index (χ0n) is 12.7. The second-order valence-corrected chi connectivity index (χ2v) is 5.03. The number of aliphatic hydroxyl groups excluding tert-OH is 1. The zero-order chi connectivity index (χ0) is 16.3. The fourth-order valence-corrected chi connectivity index (χ4v) is 2.05. The Morgan fingerprint density at radius 3 is 2.39 bits per heavy atom. The average Bonchev–Trinajstić information content (AvgIpc) is 2.60. The minimum absolute atomic E-state index is 0.0950. The second-order valence-electron chi connectivity index (χ2n) is 5.03. The molecule has 2 unspecified atom stereocenters. The van der Waals surface area contributed by atoms with Crippen molar-refractivity contribution in [2.45, 2.75) is 18.8 Å². The van der Waals surface area contributed by atoms with Gasteiger partial charge in [-0.05, 0) is 16.7 Å². The maximum Gasteiger partial charge on any atom is 0.0893 e. The number of azide groups is 1. The van der Waals surface area contributed by atoms with Crippen molar-refractivity contribution in [2.24, 2.45) is 5.11 Å². The van der Waals surface area contributed by atoms with Crippen LogP contribution < -0.4 is 0 Å². The van der Waals surface area contributed by atoms with Crippen LogP contribution in [0.15, 0.2) is 71.9 Å². The molecule has 0 aliphatic rings. The smallest absolute Gasteiger partial charge is 0.0893 e. The van der Waals surface area contributed by atoms with Gasteiger partial charge in [0, 0.05) is 4.91 Å². The summed E-state index contributed by atoms with van der Waals surface area (Å²) in [6.07, 6.45) is 2.61. The van der Waals surface area contributed by atoms with Crippen LogP contribution in [0.3, 0.4) is 0 Å². The Kier molecular flexibility index (Phi) is 6.88. The standard InChI is InChI=1S/C18H19N3O2/c19-21-20-17(12-11-15-7-3-1-4-8-15)18(22)14-23-13-16-9-5-2-6-10-16/h1-12,17-18,22H,13-14H2/b12-11+. The average molecular weight is 309 g/mol. The highest BCUT2D eigenvalue weighted by Crippen LogP contribution is 2.09. The predicted molar refractivity (Wildman–Crippen MR) is 90.5 cm³/mol. The van der Waals surface area contributed by atoms with Gasteiger partial charge in [0.2, 0.25) is 0 Å².